The summed E-state index contributed by atoms with van der Waals surface area (Å²) in [7, 11) is 0. The molecule has 12 nitrogen and oxygen atoms in total. The van der Waals surface area contributed by atoms with Gasteiger partial charge in [-0.25, -0.2) is 0 Å². The molecular weight excluding hydrogens is 570 g/mol. The highest BCUT2D eigenvalue weighted by molar-refractivity contribution is 5.77. The first-order valence-corrected chi connectivity index (χ1v) is 16.6. The van der Waals surface area contributed by atoms with Crippen LogP contribution in [0.3, 0.4) is 0 Å². The van der Waals surface area contributed by atoms with Crippen molar-refractivity contribution in [1.29, 1.82) is 0 Å². The van der Waals surface area contributed by atoms with Crippen molar-refractivity contribution in [1.82, 2.24) is 15.5 Å². The molecule has 0 radical (unpaired) electrons. The van der Waals surface area contributed by atoms with Gasteiger partial charge in [0.2, 0.25) is 17.7 Å². The van der Waals surface area contributed by atoms with Crippen molar-refractivity contribution in [2.24, 2.45) is 11.8 Å². The molecule has 12 heteroatoms. The van der Waals surface area contributed by atoms with Crippen LogP contribution in [0.4, 0.5) is 0 Å². The number of aliphatic hydroxyl groups is 4. The minimum Gasteiger partial charge on any atom is -0.499 e. The second kappa shape index (κ2) is 19.3. The molecule has 7 atom stereocenters. The first kappa shape index (κ1) is 36.2. The normalized spacial score (nSPS) is 29.0. The number of carbonyl (C=O) groups excluding carboxylic acids is 3. The Morgan fingerprint density at radius 3 is 2.41 bits per heavy atom. The Morgan fingerprint density at radius 1 is 0.955 bits per heavy atom. The highest BCUT2D eigenvalue weighted by Crippen LogP contribution is 2.29. The monoisotopic (exact) mass is 625 g/mol. The number of rotatable bonds is 19. The van der Waals surface area contributed by atoms with E-state index in [1.165, 1.54) is 26.2 Å². The van der Waals surface area contributed by atoms with Crippen molar-refractivity contribution in [2.75, 3.05) is 32.9 Å². The molecule has 3 aliphatic rings. The van der Waals surface area contributed by atoms with E-state index in [1.54, 1.807) is 11.2 Å². The van der Waals surface area contributed by atoms with E-state index in [-0.39, 0.29) is 30.4 Å². The zero-order valence-electron chi connectivity index (χ0n) is 26.3. The van der Waals surface area contributed by atoms with Crippen molar-refractivity contribution in [3.8, 4) is 0 Å². The van der Waals surface area contributed by atoms with Gasteiger partial charge in [0.25, 0.3) is 0 Å². The van der Waals surface area contributed by atoms with E-state index in [1.807, 2.05) is 0 Å². The number of ether oxygens (including phenoxy) is 2. The summed E-state index contributed by atoms with van der Waals surface area (Å²) < 4.78 is 11.6. The summed E-state index contributed by atoms with van der Waals surface area (Å²) in [6, 6.07) is -0.842. The second-order valence-electron chi connectivity index (χ2n) is 12.7. The Bertz CT molecular complexity index is 915. The lowest BCUT2D eigenvalue weighted by Crippen LogP contribution is -2.61. The average Bonchev–Trinajstić information content (AvgIpc) is 3.34. The maximum Gasteiger partial charge on any atom is 0.223 e. The van der Waals surface area contributed by atoms with Gasteiger partial charge in [-0.05, 0) is 63.4 Å². The molecule has 44 heavy (non-hydrogen) atoms. The number of carbonyl (C=O) groups is 3. The SMILES string of the molecule is CC(=O)NC1C(OCCCCCC(=O)NCCCCCC(=O)N2C[C@H](O)C[C@H]2COC=CC2CCC2)CC(CO)C(O)C1O. The fraction of sp³-hybridized carbons (Fsp3) is 0.844. The predicted octanol–water partition coefficient (Wildman–Crippen LogP) is 1.14. The standard InChI is InChI=1S/C32H55N3O9/c1-22(37)34-30-27(17-24(20-36)31(41)32(30)42)44-15-7-3-4-11-28(39)33-14-6-2-5-12-29(40)35-19-26(38)18-25(35)21-43-16-13-23-9-8-10-23/h13,16,23-27,30-32,36,38,41-42H,2-12,14-15,17-21H2,1H3,(H,33,39)(H,34,37)/t24?,25-,26+,27?,30?,31?,32?/m0/s1. The summed E-state index contributed by atoms with van der Waals surface area (Å²) in [6.07, 6.45) is 10.4. The van der Waals surface area contributed by atoms with Crippen LogP contribution in [0, 0.1) is 11.8 Å². The minimum absolute atomic E-state index is 0.0110. The van der Waals surface area contributed by atoms with Crippen molar-refractivity contribution < 1.29 is 44.3 Å². The zero-order valence-corrected chi connectivity index (χ0v) is 26.3. The summed E-state index contributed by atoms with van der Waals surface area (Å²) in [4.78, 5) is 38.2. The van der Waals surface area contributed by atoms with Crippen molar-refractivity contribution in [2.45, 2.75) is 127 Å². The molecule has 3 amide bonds. The Balaban J connectivity index is 1.20. The number of β-amino-alcohol motifs (C(OH)–C–C–N with tert-alkyl or cyclic N) is 1. The lowest BCUT2D eigenvalue weighted by Gasteiger charge is -2.42. The molecule has 1 aliphatic heterocycles. The molecule has 252 valence electrons. The summed E-state index contributed by atoms with van der Waals surface area (Å²) >= 11 is 0. The van der Waals surface area contributed by atoms with Crippen molar-refractivity contribution in [3.63, 3.8) is 0 Å². The maximum atomic E-state index is 12.8. The zero-order chi connectivity index (χ0) is 31.9. The number of unbranched alkanes of at least 4 members (excludes halogenated alkanes) is 4. The first-order valence-electron chi connectivity index (χ1n) is 16.6. The number of allylic oxidation sites excluding steroid dienone is 1. The second-order valence-corrected chi connectivity index (χ2v) is 12.7. The number of amides is 3. The van der Waals surface area contributed by atoms with Crippen LogP contribution in [0.2, 0.25) is 0 Å². The van der Waals surface area contributed by atoms with Gasteiger partial charge in [0, 0.05) is 52.0 Å². The van der Waals surface area contributed by atoms with E-state index in [0.717, 1.165) is 25.7 Å². The molecule has 3 rings (SSSR count). The van der Waals surface area contributed by atoms with E-state index in [0.29, 0.717) is 70.7 Å². The van der Waals surface area contributed by atoms with Gasteiger partial charge in [-0.1, -0.05) is 19.3 Å². The van der Waals surface area contributed by atoms with Crippen molar-refractivity contribution in [3.05, 3.63) is 12.3 Å². The lowest BCUT2D eigenvalue weighted by atomic mass is 9.79. The fourth-order valence-corrected chi connectivity index (χ4v) is 6.22. The highest BCUT2D eigenvalue weighted by Gasteiger charge is 2.44. The van der Waals surface area contributed by atoms with E-state index in [2.05, 4.69) is 16.7 Å². The molecule has 5 unspecified atom stereocenters. The van der Waals surface area contributed by atoms with Gasteiger partial charge < -0.3 is 45.4 Å². The van der Waals surface area contributed by atoms with E-state index in [9.17, 15) is 34.8 Å². The van der Waals surface area contributed by atoms with Gasteiger partial charge in [0.1, 0.15) is 12.7 Å². The Kier molecular flexibility index (Phi) is 15.9. The van der Waals surface area contributed by atoms with Crippen LogP contribution in [0.25, 0.3) is 0 Å². The number of nitrogens with one attached hydrogen (secondary N) is 2. The van der Waals surface area contributed by atoms with Gasteiger partial charge in [-0.15, -0.1) is 0 Å². The minimum atomic E-state index is -1.22. The molecule has 0 aromatic heterocycles. The highest BCUT2D eigenvalue weighted by atomic mass is 16.5. The van der Waals surface area contributed by atoms with Gasteiger partial charge in [-0.3, -0.25) is 14.4 Å². The number of hydrogen-bond acceptors (Lipinski definition) is 9. The van der Waals surface area contributed by atoms with Crippen LogP contribution in [-0.4, -0.2) is 112 Å². The molecule has 1 saturated heterocycles. The predicted molar refractivity (Wildman–Crippen MR) is 163 cm³/mol. The Hall–Kier alpha value is -2.25. The molecule has 6 N–H and O–H groups in total. The molecular formula is C32H55N3O9. The van der Waals surface area contributed by atoms with Crippen LogP contribution in [-0.2, 0) is 23.9 Å². The summed E-state index contributed by atoms with van der Waals surface area (Å²) in [5.74, 6) is -0.205. The number of likely N-dealkylation sites (tertiary alicyclic amines) is 1. The lowest BCUT2D eigenvalue weighted by molar-refractivity contribution is -0.142. The third kappa shape index (κ3) is 11.9. The molecule has 0 aromatic rings. The third-order valence-electron chi connectivity index (χ3n) is 9.11. The number of nitrogens with zero attached hydrogens (tertiary/aromatic N) is 1. The van der Waals surface area contributed by atoms with Crippen LogP contribution < -0.4 is 10.6 Å². The van der Waals surface area contributed by atoms with E-state index >= 15 is 0 Å². The summed E-state index contributed by atoms with van der Waals surface area (Å²) in [6.45, 7) is 2.76. The first-order chi connectivity index (χ1) is 21.2. The molecule has 0 aromatic carbocycles. The average molecular weight is 626 g/mol. The Labute approximate surface area is 261 Å². The summed E-state index contributed by atoms with van der Waals surface area (Å²) in [5, 5.41) is 45.7. The Morgan fingerprint density at radius 2 is 1.70 bits per heavy atom. The van der Waals surface area contributed by atoms with E-state index in [4.69, 9.17) is 9.47 Å². The van der Waals surface area contributed by atoms with Crippen LogP contribution >= 0.6 is 0 Å². The van der Waals surface area contributed by atoms with Crippen molar-refractivity contribution >= 4 is 17.7 Å². The largest absolute Gasteiger partial charge is 0.499 e. The van der Waals surface area contributed by atoms with Gasteiger partial charge in [0.15, 0.2) is 0 Å². The summed E-state index contributed by atoms with van der Waals surface area (Å²) in [5.41, 5.74) is 0. The molecule has 2 aliphatic carbocycles. The van der Waals surface area contributed by atoms with Gasteiger partial charge in [-0.2, -0.15) is 0 Å². The molecule has 0 bridgehead atoms. The quantitative estimate of drug-likeness (QED) is 0.0907. The maximum absolute atomic E-state index is 12.8. The molecule has 1 heterocycles. The number of aliphatic hydroxyl groups excluding tert-OH is 4. The molecule has 0 spiro atoms. The van der Waals surface area contributed by atoms with Gasteiger partial charge in [0.05, 0.1) is 36.7 Å². The molecule has 3 fully saturated rings. The third-order valence-corrected chi connectivity index (χ3v) is 9.11. The topological polar surface area (TPSA) is 178 Å². The van der Waals surface area contributed by atoms with Crippen LogP contribution in [0.1, 0.15) is 90.4 Å². The van der Waals surface area contributed by atoms with E-state index < -0.39 is 36.4 Å². The van der Waals surface area contributed by atoms with Crippen LogP contribution in [0.5, 0.6) is 0 Å². The fourth-order valence-electron chi connectivity index (χ4n) is 6.22. The molecule has 2 saturated carbocycles. The smallest absolute Gasteiger partial charge is 0.223 e. The number of hydrogen-bond donors (Lipinski definition) is 6. The van der Waals surface area contributed by atoms with Crippen LogP contribution in [0.15, 0.2) is 12.3 Å². The van der Waals surface area contributed by atoms with Gasteiger partial charge >= 0.3 is 0 Å².